The number of hydrogen-bond acceptors (Lipinski definition) is 5. The summed E-state index contributed by atoms with van der Waals surface area (Å²) >= 11 is 0. The van der Waals surface area contributed by atoms with E-state index >= 15 is 0 Å². The number of nitrogens with one attached hydrogen (secondary N) is 1. The molecule has 3 aromatic rings. The third-order valence-electron chi connectivity index (χ3n) is 4.23. The minimum Gasteiger partial charge on any atom is -0.341 e. The molecule has 0 aliphatic carbocycles. The Balaban J connectivity index is 1.59. The van der Waals surface area contributed by atoms with Crippen LogP contribution in [0.4, 0.5) is 0 Å². The lowest BCUT2D eigenvalue weighted by molar-refractivity contribution is 0.109. The topological polar surface area (TPSA) is 70.8 Å². The summed E-state index contributed by atoms with van der Waals surface area (Å²) in [5.41, 5.74) is 2.10. The van der Waals surface area contributed by atoms with Crippen molar-refractivity contribution in [3.63, 3.8) is 0 Å². The van der Waals surface area contributed by atoms with E-state index in [2.05, 4.69) is 31.1 Å². The van der Waals surface area contributed by atoms with E-state index in [-0.39, 0.29) is 6.04 Å². The molecule has 0 amide bonds. The van der Waals surface area contributed by atoms with Gasteiger partial charge in [0.05, 0.1) is 23.6 Å². The van der Waals surface area contributed by atoms with Gasteiger partial charge in [-0.2, -0.15) is 4.98 Å². The summed E-state index contributed by atoms with van der Waals surface area (Å²) < 4.78 is 5.40. The maximum absolute atomic E-state index is 5.40. The molecule has 1 aliphatic rings. The molecule has 1 saturated heterocycles. The second kappa shape index (κ2) is 5.53. The number of benzene rings is 1. The molecule has 6 heteroatoms. The molecule has 0 radical (unpaired) electrons. The molecule has 1 unspecified atom stereocenters. The number of hydrogen-bond donors (Lipinski definition) is 1. The van der Waals surface area contributed by atoms with Crippen molar-refractivity contribution < 1.29 is 4.52 Å². The fourth-order valence-electron chi connectivity index (χ4n) is 3.18. The van der Waals surface area contributed by atoms with Gasteiger partial charge in [-0.3, -0.25) is 4.90 Å². The molecule has 2 aromatic heterocycles. The van der Waals surface area contributed by atoms with Crippen LogP contribution in [0, 0.1) is 6.92 Å². The third-order valence-corrected chi connectivity index (χ3v) is 4.23. The first-order valence-corrected chi connectivity index (χ1v) is 7.77. The van der Waals surface area contributed by atoms with Crippen molar-refractivity contribution in [2.45, 2.75) is 38.8 Å². The van der Waals surface area contributed by atoms with Gasteiger partial charge in [-0.15, -0.1) is 0 Å². The number of nitrogens with zero attached hydrogens (tertiary/aromatic N) is 4. The highest BCUT2D eigenvalue weighted by Gasteiger charge is 2.29. The van der Waals surface area contributed by atoms with Gasteiger partial charge < -0.3 is 9.51 Å². The molecule has 1 fully saturated rings. The Labute approximate surface area is 128 Å². The van der Waals surface area contributed by atoms with E-state index in [1.165, 1.54) is 12.8 Å². The Kier molecular flexibility index (Phi) is 3.38. The molecule has 1 aliphatic heterocycles. The van der Waals surface area contributed by atoms with Crippen molar-refractivity contribution in [2.24, 2.45) is 0 Å². The van der Waals surface area contributed by atoms with Crippen LogP contribution in [0.25, 0.3) is 11.0 Å². The number of rotatable bonds is 3. The lowest BCUT2D eigenvalue weighted by atomic mass is 10.0. The molecule has 4 rings (SSSR count). The minimum atomic E-state index is 0.197. The lowest BCUT2D eigenvalue weighted by Gasteiger charge is -2.32. The van der Waals surface area contributed by atoms with Gasteiger partial charge >= 0.3 is 0 Å². The Hall–Kier alpha value is -2.21. The molecule has 114 valence electrons. The maximum atomic E-state index is 5.40. The summed E-state index contributed by atoms with van der Waals surface area (Å²) in [6, 6.07) is 8.32. The Morgan fingerprint density at radius 2 is 2.18 bits per heavy atom. The number of imidazole rings is 1. The fourth-order valence-corrected chi connectivity index (χ4v) is 3.18. The summed E-state index contributed by atoms with van der Waals surface area (Å²) in [4.78, 5) is 14.9. The van der Waals surface area contributed by atoms with Gasteiger partial charge in [0.25, 0.3) is 0 Å². The standard InChI is InChI=1S/C16H19N5O/c1-11-17-16(22-20-11)14-8-4-5-9-21(14)10-15-18-12-6-2-3-7-13(12)19-15/h2-3,6-7,14H,4-5,8-10H2,1H3,(H,18,19). The zero-order valence-corrected chi connectivity index (χ0v) is 12.6. The van der Waals surface area contributed by atoms with Crippen molar-refractivity contribution in [3.05, 3.63) is 41.8 Å². The molecule has 6 nitrogen and oxygen atoms in total. The molecule has 1 N–H and O–H groups in total. The number of para-hydroxylation sites is 2. The smallest absolute Gasteiger partial charge is 0.243 e. The van der Waals surface area contributed by atoms with Gasteiger partial charge in [0.1, 0.15) is 5.82 Å². The van der Waals surface area contributed by atoms with Crippen LogP contribution < -0.4 is 0 Å². The summed E-state index contributed by atoms with van der Waals surface area (Å²) in [6.45, 7) is 3.67. The van der Waals surface area contributed by atoms with Crippen LogP contribution in [0.5, 0.6) is 0 Å². The predicted molar refractivity (Wildman–Crippen MR) is 82.1 cm³/mol. The number of aryl methyl sites for hydroxylation is 1. The average molecular weight is 297 g/mol. The van der Waals surface area contributed by atoms with E-state index < -0.39 is 0 Å². The fraction of sp³-hybridized carbons (Fsp3) is 0.438. The molecular formula is C16H19N5O. The van der Waals surface area contributed by atoms with Gasteiger partial charge in [-0.25, -0.2) is 4.98 Å². The van der Waals surface area contributed by atoms with E-state index in [0.29, 0.717) is 5.82 Å². The minimum absolute atomic E-state index is 0.197. The van der Waals surface area contributed by atoms with Crippen LogP contribution in [0.2, 0.25) is 0 Å². The molecule has 1 aromatic carbocycles. The second-order valence-corrected chi connectivity index (χ2v) is 5.86. The van der Waals surface area contributed by atoms with E-state index in [1.54, 1.807) is 0 Å². The number of piperidine rings is 1. The van der Waals surface area contributed by atoms with Crippen LogP contribution in [-0.4, -0.2) is 31.6 Å². The van der Waals surface area contributed by atoms with Crippen molar-refractivity contribution in [1.82, 2.24) is 25.0 Å². The van der Waals surface area contributed by atoms with Gasteiger partial charge in [0.15, 0.2) is 5.82 Å². The third kappa shape index (κ3) is 2.50. The van der Waals surface area contributed by atoms with Crippen molar-refractivity contribution >= 4 is 11.0 Å². The largest absolute Gasteiger partial charge is 0.341 e. The molecule has 0 saturated carbocycles. The number of aromatic nitrogens is 4. The summed E-state index contributed by atoms with van der Waals surface area (Å²) in [7, 11) is 0. The van der Waals surface area contributed by atoms with Crippen molar-refractivity contribution in [2.75, 3.05) is 6.54 Å². The van der Waals surface area contributed by atoms with Crippen molar-refractivity contribution in [3.8, 4) is 0 Å². The highest BCUT2D eigenvalue weighted by molar-refractivity contribution is 5.74. The normalized spacial score (nSPS) is 19.8. The van der Waals surface area contributed by atoms with E-state index in [9.17, 15) is 0 Å². The van der Waals surface area contributed by atoms with E-state index in [4.69, 9.17) is 4.52 Å². The van der Waals surface area contributed by atoms with Gasteiger partial charge in [-0.1, -0.05) is 23.7 Å². The lowest BCUT2D eigenvalue weighted by Crippen LogP contribution is -2.33. The van der Waals surface area contributed by atoms with E-state index in [0.717, 1.165) is 42.3 Å². The Bertz CT molecular complexity index is 745. The summed E-state index contributed by atoms with van der Waals surface area (Å²) in [6.07, 6.45) is 3.45. The highest BCUT2D eigenvalue weighted by Crippen LogP contribution is 2.31. The molecule has 0 bridgehead atoms. The monoisotopic (exact) mass is 297 g/mol. The quantitative estimate of drug-likeness (QED) is 0.804. The average Bonchev–Trinajstić information content (AvgIpc) is 3.13. The molecule has 3 heterocycles. The second-order valence-electron chi connectivity index (χ2n) is 5.86. The van der Waals surface area contributed by atoms with Crippen LogP contribution in [0.1, 0.15) is 42.8 Å². The Morgan fingerprint density at radius 3 is 3.00 bits per heavy atom. The first kappa shape index (κ1) is 13.5. The number of aromatic amines is 1. The molecular weight excluding hydrogens is 278 g/mol. The SMILES string of the molecule is Cc1noc(C2CCCCN2Cc2nc3ccccc3[nH]2)n1. The predicted octanol–water partition coefficient (Wildman–Crippen LogP) is 2.98. The van der Waals surface area contributed by atoms with Gasteiger partial charge in [-0.05, 0) is 38.4 Å². The van der Waals surface area contributed by atoms with Crippen LogP contribution >= 0.6 is 0 Å². The Morgan fingerprint density at radius 1 is 1.27 bits per heavy atom. The molecule has 22 heavy (non-hydrogen) atoms. The van der Waals surface area contributed by atoms with Crippen LogP contribution in [-0.2, 0) is 6.54 Å². The zero-order valence-electron chi connectivity index (χ0n) is 12.6. The maximum Gasteiger partial charge on any atom is 0.243 e. The highest BCUT2D eigenvalue weighted by atomic mass is 16.5. The number of fused-ring (bicyclic) bond motifs is 1. The van der Waals surface area contributed by atoms with Gasteiger partial charge in [0, 0.05) is 0 Å². The van der Waals surface area contributed by atoms with Crippen LogP contribution in [0.3, 0.4) is 0 Å². The first-order valence-electron chi connectivity index (χ1n) is 7.77. The number of H-pyrrole nitrogens is 1. The van der Waals surface area contributed by atoms with Gasteiger partial charge in [0.2, 0.25) is 5.89 Å². The summed E-state index contributed by atoms with van der Waals surface area (Å²) in [5, 5.41) is 3.93. The van der Waals surface area contributed by atoms with E-state index in [1.807, 2.05) is 25.1 Å². The van der Waals surface area contributed by atoms with Crippen LogP contribution in [0.15, 0.2) is 28.8 Å². The molecule has 1 atom stereocenters. The van der Waals surface area contributed by atoms with Crippen molar-refractivity contribution in [1.29, 1.82) is 0 Å². The summed E-state index contributed by atoms with van der Waals surface area (Å²) in [5.74, 6) is 2.42. The number of likely N-dealkylation sites (tertiary alicyclic amines) is 1. The zero-order chi connectivity index (χ0) is 14.9. The first-order chi connectivity index (χ1) is 10.8. The molecule has 0 spiro atoms.